The van der Waals surface area contributed by atoms with Crippen LogP contribution in [-0.4, -0.2) is 112 Å². The molecule has 13 heteroatoms. The molecule has 0 radical (unpaired) electrons. The normalized spacial score (nSPS) is 13.1. The third-order valence-electron chi connectivity index (χ3n) is 8.96. The lowest BCUT2D eigenvalue weighted by atomic mass is 10.0. The molecule has 1 aliphatic heterocycles. The molecule has 4 aromatic rings. The number of para-hydroxylation sites is 1. The fourth-order valence-electron chi connectivity index (χ4n) is 6.09. The number of piperazine rings is 1. The Kier molecular flexibility index (Phi) is 12.7. The summed E-state index contributed by atoms with van der Waals surface area (Å²) in [4.78, 5) is 52.7. The number of allylic oxidation sites excluding steroid dienone is 1. The summed E-state index contributed by atoms with van der Waals surface area (Å²) in [5.74, 6) is 3.11. The van der Waals surface area contributed by atoms with Gasteiger partial charge in [0.2, 0.25) is 5.95 Å². The fraction of sp³-hybridized carbons (Fsp3) is 0.395. The van der Waals surface area contributed by atoms with Crippen LogP contribution in [0, 0.1) is 6.92 Å². The highest BCUT2D eigenvalue weighted by molar-refractivity contribution is 6.21. The number of fused-ring (bicyclic) bond motifs is 1. The summed E-state index contributed by atoms with van der Waals surface area (Å²) in [6.07, 6.45) is 2.03. The number of imide groups is 1. The van der Waals surface area contributed by atoms with E-state index in [1.165, 1.54) is 7.05 Å². The first-order chi connectivity index (χ1) is 24.8. The molecule has 0 bridgehead atoms. The molecule has 3 aromatic carbocycles. The number of hydrogen-bond donors (Lipinski definition) is 4. The van der Waals surface area contributed by atoms with Gasteiger partial charge in [-0.25, -0.2) is 19.5 Å². The van der Waals surface area contributed by atoms with Gasteiger partial charge >= 0.3 is 6.03 Å². The average Bonchev–Trinajstić information content (AvgIpc) is 3.57. The number of aryl methyl sites for hydroxylation is 1. The van der Waals surface area contributed by atoms with Gasteiger partial charge in [0.1, 0.15) is 17.4 Å². The number of methoxy groups -OCH3 is 1. The number of benzene rings is 3. The smallest absolute Gasteiger partial charge is 0.328 e. The first kappa shape index (κ1) is 36.9. The quantitative estimate of drug-likeness (QED) is 0.102. The highest BCUT2D eigenvalue weighted by Gasteiger charge is 2.28. The molecule has 13 nitrogen and oxygen atoms in total. The number of unbranched alkanes of at least 4 members (excludes halogenated alkanes) is 1. The lowest BCUT2D eigenvalue weighted by Crippen LogP contribution is -2.44. The Labute approximate surface area is 299 Å². The van der Waals surface area contributed by atoms with Crippen LogP contribution in [0.3, 0.4) is 0 Å². The second-order valence-electron chi connectivity index (χ2n) is 12.5. The second-order valence-corrected chi connectivity index (χ2v) is 12.5. The molecule has 0 unspecified atom stereocenters. The number of nitrogens with one attached hydrogen (secondary N) is 4. The Morgan fingerprint density at radius 1 is 0.980 bits per heavy atom. The van der Waals surface area contributed by atoms with E-state index >= 15 is 0 Å². The number of amides is 3. The summed E-state index contributed by atoms with van der Waals surface area (Å²) in [5, 5.41) is 8.99. The molecule has 1 saturated heterocycles. The molecule has 0 saturated carbocycles. The number of ether oxygens (including phenoxy) is 2. The summed E-state index contributed by atoms with van der Waals surface area (Å²) < 4.78 is 12.0. The van der Waals surface area contributed by atoms with Crippen LogP contribution in [0.4, 0.5) is 16.4 Å². The van der Waals surface area contributed by atoms with E-state index < -0.39 is 11.9 Å². The van der Waals surface area contributed by atoms with Crippen molar-refractivity contribution >= 4 is 40.5 Å². The van der Waals surface area contributed by atoms with Crippen molar-refractivity contribution in [2.24, 2.45) is 0 Å². The van der Waals surface area contributed by atoms with Crippen molar-refractivity contribution in [1.82, 2.24) is 30.4 Å². The van der Waals surface area contributed by atoms with E-state index in [-0.39, 0.29) is 5.56 Å². The second kappa shape index (κ2) is 17.5. The lowest BCUT2D eigenvalue weighted by Gasteiger charge is -2.34. The van der Waals surface area contributed by atoms with E-state index in [1.807, 2.05) is 50.4 Å². The third-order valence-corrected chi connectivity index (χ3v) is 8.96. The number of likely N-dealkylation sites (N-methyl/N-ethyl adjacent to an activating group) is 2. The molecule has 0 atom stereocenters. The van der Waals surface area contributed by atoms with Gasteiger partial charge < -0.3 is 40.2 Å². The maximum atomic E-state index is 14.2. The third kappa shape index (κ3) is 8.87. The molecule has 270 valence electrons. The standard InChI is InChI=1S/C38H48N8O5/c1-26-12-15-32(34(23-26)51-22-7-6-9-28(25-47)45-20-18-44(4)19-21-45)46(38(49)40-3)36(48)27-13-14-29(33(24-27)50-5)30-10-8-11-31-35(30)43-37(42-31)41-17-16-39-2/h8,10-15,23-24,39H,6-7,9,16-22H2,1-5H3,(H,40,49)(H2,41,42,43). The zero-order chi connectivity index (χ0) is 36.3. The Morgan fingerprint density at radius 2 is 1.78 bits per heavy atom. The van der Waals surface area contributed by atoms with Crippen LogP contribution in [-0.2, 0) is 4.79 Å². The van der Waals surface area contributed by atoms with Gasteiger partial charge in [-0.05, 0) is 82.2 Å². The zero-order valence-corrected chi connectivity index (χ0v) is 30.1. The molecule has 0 spiro atoms. The van der Waals surface area contributed by atoms with Gasteiger partial charge in [0, 0.05) is 63.0 Å². The summed E-state index contributed by atoms with van der Waals surface area (Å²) >= 11 is 0. The van der Waals surface area contributed by atoms with E-state index in [1.54, 1.807) is 25.3 Å². The average molecular weight is 697 g/mol. The van der Waals surface area contributed by atoms with Gasteiger partial charge in [-0.15, -0.1) is 0 Å². The van der Waals surface area contributed by atoms with Gasteiger partial charge in [0.15, 0.2) is 0 Å². The topological polar surface area (TPSA) is 144 Å². The largest absolute Gasteiger partial charge is 0.496 e. The number of aromatic amines is 1. The predicted octanol–water partition coefficient (Wildman–Crippen LogP) is 4.68. The van der Waals surface area contributed by atoms with Crippen molar-refractivity contribution < 1.29 is 23.9 Å². The predicted molar refractivity (Wildman–Crippen MR) is 201 cm³/mol. The lowest BCUT2D eigenvalue weighted by molar-refractivity contribution is 0.0992. The molecular weight excluding hydrogens is 648 g/mol. The minimum Gasteiger partial charge on any atom is -0.496 e. The molecule has 51 heavy (non-hydrogen) atoms. The number of imidazole rings is 1. The molecule has 1 fully saturated rings. The number of urea groups is 1. The van der Waals surface area contributed by atoms with Gasteiger partial charge in [-0.1, -0.05) is 18.2 Å². The Bertz CT molecular complexity index is 1880. The van der Waals surface area contributed by atoms with E-state index in [4.69, 9.17) is 14.5 Å². The van der Waals surface area contributed by atoms with Crippen LogP contribution in [0.2, 0.25) is 0 Å². The van der Waals surface area contributed by atoms with Crippen LogP contribution in [0.25, 0.3) is 22.2 Å². The number of anilines is 2. The highest BCUT2D eigenvalue weighted by atomic mass is 16.5. The molecular formula is C38H48N8O5. The number of hydrogen-bond acceptors (Lipinski definition) is 10. The summed E-state index contributed by atoms with van der Waals surface area (Å²) in [6.45, 7) is 7.23. The highest BCUT2D eigenvalue weighted by Crippen LogP contribution is 2.37. The Balaban J connectivity index is 1.34. The van der Waals surface area contributed by atoms with Gasteiger partial charge in [0.25, 0.3) is 5.91 Å². The molecule has 1 aliphatic rings. The van der Waals surface area contributed by atoms with Crippen molar-refractivity contribution in [1.29, 1.82) is 0 Å². The van der Waals surface area contributed by atoms with Crippen molar-refractivity contribution in [2.45, 2.75) is 26.2 Å². The summed E-state index contributed by atoms with van der Waals surface area (Å²) in [7, 11) is 6.99. The van der Waals surface area contributed by atoms with Gasteiger partial charge in [-0.2, -0.15) is 0 Å². The summed E-state index contributed by atoms with van der Waals surface area (Å²) in [6, 6.07) is 15.7. The molecule has 3 amide bonds. The van der Waals surface area contributed by atoms with Crippen molar-refractivity contribution in [3.05, 3.63) is 71.4 Å². The number of aromatic nitrogens is 2. The van der Waals surface area contributed by atoms with Crippen LogP contribution >= 0.6 is 0 Å². The zero-order valence-electron chi connectivity index (χ0n) is 30.1. The van der Waals surface area contributed by atoms with E-state index in [9.17, 15) is 14.4 Å². The molecule has 0 aliphatic carbocycles. The van der Waals surface area contributed by atoms with Crippen LogP contribution in [0.5, 0.6) is 11.5 Å². The monoisotopic (exact) mass is 696 g/mol. The molecule has 5 rings (SSSR count). The first-order valence-corrected chi connectivity index (χ1v) is 17.3. The van der Waals surface area contributed by atoms with Gasteiger partial charge in [-0.3, -0.25) is 4.79 Å². The first-order valence-electron chi connectivity index (χ1n) is 17.3. The fourth-order valence-corrected chi connectivity index (χ4v) is 6.09. The maximum Gasteiger partial charge on any atom is 0.328 e. The number of H-pyrrole nitrogens is 1. The molecule has 1 aromatic heterocycles. The van der Waals surface area contributed by atoms with Gasteiger partial charge in [0.05, 0.1) is 36.1 Å². The maximum absolute atomic E-state index is 14.2. The SMILES string of the molecule is CNCCNc1nc2c(-c3ccc(C(=O)N(C(=O)NC)c4ccc(C)cc4OCCCCC(=C=O)N4CCN(C)CC4)cc3OC)cccc2[nH]1. The van der Waals surface area contributed by atoms with Crippen molar-refractivity contribution in [2.75, 3.05) is 84.3 Å². The number of carbonyl (C=O) groups excluding carboxylic acids is 3. The number of carbonyl (C=O) groups is 2. The summed E-state index contributed by atoms with van der Waals surface area (Å²) in [5.41, 5.74) is 5.38. The van der Waals surface area contributed by atoms with Crippen LogP contribution in [0.1, 0.15) is 35.2 Å². The number of nitrogens with zero attached hydrogens (tertiary/aromatic N) is 4. The minimum atomic E-state index is -0.607. The minimum absolute atomic E-state index is 0.256. The Morgan fingerprint density at radius 3 is 2.51 bits per heavy atom. The Hall–Kier alpha value is -5.36. The van der Waals surface area contributed by atoms with Crippen molar-refractivity contribution in [3.63, 3.8) is 0 Å². The van der Waals surface area contributed by atoms with E-state index in [0.29, 0.717) is 54.8 Å². The van der Waals surface area contributed by atoms with E-state index in [0.717, 1.165) is 71.8 Å². The van der Waals surface area contributed by atoms with Crippen LogP contribution < -0.4 is 30.3 Å². The van der Waals surface area contributed by atoms with E-state index in [2.05, 4.69) is 43.7 Å². The number of rotatable bonds is 15. The van der Waals surface area contributed by atoms with Crippen LogP contribution in [0.15, 0.2) is 60.3 Å². The van der Waals surface area contributed by atoms with Crippen molar-refractivity contribution in [3.8, 4) is 22.6 Å². The molecule has 2 heterocycles. The molecule has 4 N–H and O–H groups in total.